The van der Waals surface area contributed by atoms with Crippen molar-refractivity contribution in [2.75, 3.05) is 13.1 Å². The molecule has 0 fully saturated rings. The molecule has 0 spiro atoms. The number of carbonyl (C=O) groups is 2. The van der Waals surface area contributed by atoms with Gasteiger partial charge in [-0.2, -0.15) is 0 Å². The second-order valence-electron chi connectivity index (χ2n) is 5.23. The number of benzene rings is 2. The van der Waals surface area contributed by atoms with Crippen molar-refractivity contribution in [1.29, 1.82) is 0 Å². The highest BCUT2D eigenvalue weighted by Gasteiger charge is 2.16. The Morgan fingerprint density at radius 3 is 2.22 bits per heavy atom. The molecule has 3 N–H and O–H groups in total. The third-order valence-corrected chi connectivity index (χ3v) is 3.39. The number of carbonyl (C=O) groups excluding carboxylic acids is 2. The number of aryl methyl sites for hydroxylation is 1. The Hall–Kier alpha value is -2.66. The second kappa shape index (κ2) is 8.10. The lowest BCUT2D eigenvalue weighted by Gasteiger charge is -2.12. The largest absolute Gasteiger partial charge is 0.378 e. The first-order valence-electron chi connectivity index (χ1n) is 7.43. The number of aliphatic hydroxyl groups excluding tert-OH is 1. The molecular weight excluding hydrogens is 292 g/mol. The predicted molar refractivity (Wildman–Crippen MR) is 87.9 cm³/mol. The van der Waals surface area contributed by atoms with Gasteiger partial charge in [0.2, 0.25) is 0 Å². The van der Waals surface area contributed by atoms with Gasteiger partial charge in [-0.1, -0.05) is 48.0 Å². The van der Waals surface area contributed by atoms with Gasteiger partial charge in [-0.3, -0.25) is 9.59 Å². The maximum absolute atomic E-state index is 11.9. The van der Waals surface area contributed by atoms with Crippen LogP contribution in [0.15, 0.2) is 54.6 Å². The summed E-state index contributed by atoms with van der Waals surface area (Å²) in [5, 5.41) is 15.2. The molecule has 1 unspecified atom stereocenters. The van der Waals surface area contributed by atoms with E-state index in [1.165, 1.54) is 0 Å². The van der Waals surface area contributed by atoms with Gasteiger partial charge < -0.3 is 15.7 Å². The average molecular weight is 312 g/mol. The maximum atomic E-state index is 11.9. The summed E-state index contributed by atoms with van der Waals surface area (Å²) in [6.07, 6.45) is -1.20. The monoisotopic (exact) mass is 312 g/mol. The van der Waals surface area contributed by atoms with E-state index >= 15 is 0 Å². The first-order valence-corrected chi connectivity index (χ1v) is 7.43. The molecule has 2 amide bonds. The average Bonchev–Trinajstić information content (AvgIpc) is 2.59. The van der Waals surface area contributed by atoms with Crippen LogP contribution in [0.1, 0.15) is 27.6 Å². The zero-order valence-corrected chi connectivity index (χ0v) is 13.0. The summed E-state index contributed by atoms with van der Waals surface area (Å²) in [6.45, 7) is 2.50. The molecular formula is C18H20N2O3. The van der Waals surface area contributed by atoms with E-state index in [4.69, 9.17) is 0 Å². The molecule has 2 rings (SSSR count). The number of nitrogens with one attached hydrogen (secondary N) is 2. The van der Waals surface area contributed by atoms with Crippen LogP contribution in [-0.4, -0.2) is 30.0 Å². The van der Waals surface area contributed by atoms with Gasteiger partial charge in [-0.25, -0.2) is 0 Å². The van der Waals surface area contributed by atoms with E-state index in [2.05, 4.69) is 10.6 Å². The summed E-state index contributed by atoms with van der Waals surface area (Å²) in [5.41, 5.74) is 2.20. The van der Waals surface area contributed by atoms with Crippen LogP contribution in [0.4, 0.5) is 0 Å². The summed E-state index contributed by atoms with van der Waals surface area (Å²) in [6, 6.07) is 15.9. The zero-order valence-electron chi connectivity index (χ0n) is 13.0. The molecule has 2 aromatic rings. The minimum Gasteiger partial charge on any atom is -0.378 e. The maximum Gasteiger partial charge on any atom is 0.253 e. The molecule has 120 valence electrons. The van der Waals surface area contributed by atoms with E-state index in [0.717, 1.165) is 5.56 Å². The molecule has 0 aliphatic heterocycles. The van der Waals surface area contributed by atoms with E-state index in [1.807, 2.05) is 25.1 Å². The predicted octanol–water partition coefficient (Wildman–Crippen LogP) is 1.57. The number of hydrogen-bond donors (Lipinski definition) is 3. The first-order chi connectivity index (χ1) is 11.1. The van der Waals surface area contributed by atoms with E-state index in [0.29, 0.717) is 17.7 Å². The molecule has 0 aromatic heterocycles. The van der Waals surface area contributed by atoms with Crippen molar-refractivity contribution < 1.29 is 14.7 Å². The number of rotatable bonds is 6. The summed E-state index contributed by atoms with van der Waals surface area (Å²) < 4.78 is 0. The fourth-order valence-corrected chi connectivity index (χ4v) is 2.05. The van der Waals surface area contributed by atoms with Crippen LogP contribution in [0.3, 0.4) is 0 Å². The lowest BCUT2D eigenvalue weighted by molar-refractivity contribution is -0.129. The van der Waals surface area contributed by atoms with Crippen molar-refractivity contribution >= 4 is 11.8 Å². The normalized spacial score (nSPS) is 11.6. The molecule has 0 saturated heterocycles. The molecule has 0 bridgehead atoms. The van der Waals surface area contributed by atoms with Gasteiger partial charge in [0.25, 0.3) is 11.8 Å². The van der Waals surface area contributed by atoms with Gasteiger partial charge in [0.15, 0.2) is 6.10 Å². The minimum absolute atomic E-state index is 0.192. The Kier molecular flexibility index (Phi) is 5.88. The fraction of sp³-hybridized carbons (Fsp3) is 0.222. The summed E-state index contributed by atoms with van der Waals surface area (Å²) in [7, 11) is 0. The molecule has 0 saturated carbocycles. The lowest BCUT2D eigenvalue weighted by atomic mass is 10.1. The van der Waals surface area contributed by atoms with Crippen LogP contribution in [0.5, 0.6) is 0 Å². The summed E-state index contributed by atoms with van der Waals surface area (Å²) in [5.74, 6) is -0.677. The molecule has 1 atom stereocenters. The van der Waals surface area contributed by atoms with Crippen molar-refractivity contribution in [3.63, 3.8) is 0 Å². The molecule has 0 radical (unpaired) electrons. The Labute approximate surface area is 135 Å². The molecule has 5 heteroatoms. The minimum atomic E-state index is -1.20. The molecule has 0 heterocycles. The lowest BCUT2D eigenvalue weighted by Crippen LogP contribution is -2.36. The third kappa shape index (κ3) is 4.93. The Bertz CT molecular complexity index is 654. The molecule has 0 aliphatic carbocycles. The molecule has 5 nitrogen and oxygen atoms in total. The van der Waals surface area contributed by atoms with E-state index < -0.39 is 12.0 Å². The standard InChI is InChI=1S/C18H20N2O3/c1-13-7-9-15(10-8-13)17(22)19-11-12-20-18(23)16(21)14-5-3-2-4-6-14/h2-10,16,21H,11-12H2,1H3,(H,19,22)(H,20,23). The highest BCUT2D eigenvalue weighted by atomic mass is 16.3. The quantitative estimate of drug-likeness (QED) is 0.709. The van der Waals surface area contributed by atoms with Gasteiger partial charge in [0.1, 0.15) is 0 Å². The number of hydrogen-bond acceptors (Lipinski definition) is 3. The highest BCUT2D eigenvalue weighted by Crippen LogP contribution is 2.11. The molecule has 0 aliphatic rings. The van der Waals surface area contributed by atoms with E-state index in [1.54, 1.807) is 36.4 Å². The Morgan fingerprint density at radius 1 is 0.957 bits per heavy atom. The summed E-state index contributed by atoms with van der Waals surface area (Å²) >= 11 is 0. The van der Waals surface area contributed by atoms with Crippen molar-refractivity contribution in [3.05, 3.63) is 71.3 Å². The SMILES string of the molecule is Cc1ccc(C(=O)NCCNC(=O)C(O)c2ccccc2)cc1. The molecule has 23 heavy (non-hydrogen) atoms. The van der Waals surface area contributed by atoms with E-state index in [9.17, 15) is 14.7 Å². The van der Waals surface area contributed by atoms with Gasteiger partial charge in [-0.05, 0) is 24.6 Å². The van der Waals surface area contributed by atoms with Crippen LogP contribution in [0.25, 0.3) is 0 Å². The Morgan fingerprint density at radius 2 is 1.57 bits per heavy atom. The van der Waals surface area contributed by atoms with Crippen molar-refractivity contribution in [2.45, 2.75) is 13.0 Å². The van der Waals surface area contributed by atoms with Crippen molar-refractivity contribution in [1.82, 2.24) is 10.6 Å². The zero-order chi connectivity index (χ0) is 16.7. The van der Waals surface area contributed by atoms with Crippen molar-refractivity contribution in [2.24, 2.45) is 0 Å². The van der Waals surface area contributed by atoms with Crippen LogP contribution in [0, 0.1) is 6.92 Å². The van der Waals surface area contributed by atoms with Crippen LogP contribution >= 0.6 is 0 Å². The van der Waals surface area contributed by atoms with Crippen LogP contribution in [0.2, 0.25) is 0 Å². The van der Waals surface area contributed by atoms with Crippen LogP contribution < -0.4 is 10.6 Å². The van der Waals surface area contributed by atoms with Gasteiger partial charge >= 0.3 is 0 Å². The Balaban J connectivity index is 1.73. The van der Waals surface area contributed by atoms with E-state index in [-0.39, 0.29) is 12.5 Å². The number of amides is 2. The smallest absolute Gasteiger partial charge is 0.253 e. The van der Waals surface area contributed by atoms with Crippen LogP contribution in [-0.2, 0) is 4.79 Å². The third-order valence-electron chi connectivity index (χ3n) is 3.39. The first kappa shape index (κ1) is 16.7. The van der Waals surface area contributed by atoms with Gasteiger partial charge in [-0.15, -0.1) is 0 Å². The molecule has 2 aromatic carbocycles. The van der Waals surface area contributed by atoms with Gasteiger partial charge in [0, 0.05) is 18.7 Å². The van der Waals surface area contributed by atoms with Crippen molar-refractivity contribution in [3.8, 4) is 0 Å². The number of aliphatic hydroxyl groups is 1. The second-order valence-corrected chi connectivity index (χ2v) is 5.23. The highest BCUT2D eigenvalue weighted by molar-refractivity contribution is 5.94. The topological polar surface area (TPSA) is 78.4 Å². The van der Waals surface area contributed by atoms with Gasteiger partial charge in [0.05, 0.1) is 0 Å². The summed E-state index contributed by atoms with van der Waals surface area (Å²) in [4.78, 5) is 23.7. The fourth-order valence-electron chi connectivity index (χ4n) is 2.05.